The molecule has 0 atom stereocenters. The van der Waals surface area contributed by atoms with Crippen molar-refractivity contribution in [1.82, 2.24) is 0 Å². The Kier molecular flexibility index (Phi) is 2.81. The second-order valence-corrected chi connectivity index (χ2v) is 3.78. The van der Waals surface area contributed by atoms with Gasteiger partial charge >= 0.3 is 0 Å². The lowest BCUT2D eigenvalue weighted by Crippen LogP contribution is -2.02. The van der Waals surface area contributed by atoms with Crippen LogP contribution in [0.3, 0.4) is 0 Å². The van der Waals surface area contributed by atoms with Crippen molar-refractivity contribution in [1.29, 1.82) is 0 Å². The molecule has 2 rings (SSSR count). The SMILES string of the molecule is Nc1ccc(C(=O)c2ccc(O)c(O)c2O)cc1. The van der Waals surface area contributed by atoms with Gasteiger partial charge in [0.2, 0.25) is 5.75 Å². The highest BCUT2D eigenvalue weighted by atomic mass is 16.3. The summed E-state index contributed by atoms with van der Waals surface area (Å²) in [5, 5.41) is 28.1. The molecule has 2 aromatic carbocycles. The summed E-state index contributed by atoms with van der Waals surface area (Å²) in [6.07, 6.45) is 0. The average Bonchev–Trinajstić information content (AvgIpc) is 2.36. The van der Waals surface area contributed by atoms with Crippen molar-refractivity contribution < 1.29 is 20.1 Å². The van der Waals surface area contributed by atoms with Crippen LogP contribution < -0.4 is 5.73 Å². The molecular weight excluding hydrogens is 234 g/mol. The second kappa shape index (κ2) is 4.29. The molecule has 0 aliphatic carbocycles. The van der Waals surface area contributed by atoms with Gasteiger partial charge in [0.05, 0.1) is 5.56 Å². The topological polar surface area (TPSA) is 104 Å². The van der Waals surface area contributed by atoms with Crippen molar-refractivity contribution >= 4 is 11.5 Å². The third kappa shape index (κ3) is 1.93. The molecule has 92 valence electrons. The Bertz CT molecular complexity index is 605. The molecule has 0 aromatic heterocycles. The second-order valence-electron chi connectivity index (χ2n) is 3.78. The molecule has 0 fully saturated rings. The summed E-state index contributed by atoms with van der Waals surface area (Å²) in [6, 6.07) is 8.53. The minimum absolute atomic E-state index is 0.0879. The Morgan fingerprint density at radius 3 is 2.11 bits per heavy atom. The number of rotatable bonds is 2. The fourth-order valence-corrected chi connectivity index (χ4v) is 1.54. The molecule has 0 aliphatic heterocycles. The number of nitrogen functional groups attached to an aromatic ring is 1. The maximum absolute atomic E-state index is 12.0. The van der Waals surface area contributed by atoms with Crippen molar-refractivity contribution in [3.63, 3.8) is 0 Å². The van der Waals surface area contributed by atoms with Crippen molar-refractivity contribution in [3.8, 4) is 17.2 Å². The summed E-state index contributed by atoms with van der Waals surface area (Å²) in [7, 11) is 0. The lowest BCUT2D eigenvalue weighted by Gasteiger charge is -2.07. The lowest BCUT2D eigenvalue weighted by molar-refractivity contribution is 0.103. The van der Waals surface area contributed by atoms with Crippen LogP contribution in [0.1, 0.15) is 15.9 Å². The predicted octanol–water partition coefficient (Wildman–Crippen LogP) is 1.62. The minimum atomic E-state index is -0.712. The van der Waals surface area contributed by atoms with Crippen LogP contribution in [0.2, 0.25) is 0 Å². The van der Waals surface area contributed by atoms with Crippen LogP contribution >= 0.6 is 0 Å². The van der Waals surface area contributed by atoms with Crippen LogP contribution in [-0.4, -0.2) is 21.1 Å². The smallest absolute Gasteiger partial charge is 0.201 e. The molecule has 0 radical (unpaired) electrons. The van der Waals surface area contributed by atoms with Gasteiger partial charge in [0.15, 0.2) is 17.3 Å². The summed E-state index contributed by atoms with van der Waals surface area (Å²) in [5.74, 6) is -2.31. The van der Waals surface area contributed by atoms with Crippen LogP contribution in [0.4, 0.5) is 5.69 Å². The molecular formula is C13H11NO4. The van der Waals surface area contributed by atoms with Gasteiger partial charge in [-0.05, 0) is 36.4 Å². The van der Waals surface area contributed by atoms with E-state index in [1.54, 1.807) is 12.1 Å². The number of carbonyl (C=O) groups is 1. The van der Waals surface area contributed by atoms with Gasteiger partial charge in [-0.15, -0.1) is 0 Å². The number of nitrogens with two attached hydrogens (primary N) is 1. The van der Waals surface area contributed by atoms with Gasteiger partial charge in [0, 0.05) is 11.3 Å². The third-order valence-electron chi connectivity index (χ3n) is 2.55. The predicted molar refractivity (Wildman–Crippen MR) is 65.7 cm³/mol. The lowest BCUT2D eigenvalue weighted by atomic mass is 10.0. The Morgan fingerprint density at radius 2 is 1.50 bits per heavy atom. The van der Waals surface area contributed by atoms with Gasteiger partial charge in [0.25, 0.3) is 0 Å². The van der Waals surface area contributed by atoms with Gasteiger partial charge in [0.1, 0.15) is 0 Å². The van der Waals surface area contributed by atoms with E-state index in [-0.39, 0.29) is 5.56 Å². The maximum atomic E-state index is 12.0. The number of hydrogen-bond donors (Lipinski definition) is 4. The largest absolute Gasteiger partial charge is 0.504 e. The fraction of sp³-hybridized carbons (Fsp3) is 0. The standard InChI is InChI=1S/C13H11NO4/c14-8-3-1-7(2-4-8)11(16)9-5-6-10(15)13(18)12(9)17/h1-6,15,17-18H,14H2. The zero-order valence-electron chi connectivity index (χ0n) is 9.29. The molecule has 0 amide bonds. The van der Waals surface area contributed by atoms with Crippen LogP contribution in [0, 0.1) is 0 Å². The first-order valence-corrected chi connectivity index (χ1v) is 5.15. The number of benzene rings is 2. The Hall–Kier alpha value is -2.69. The van der Waals surface area contributed by atoms with E-state index in [4.69, 9.17) is 5.73 Å². The number of phenolic OH excluding ortho intramolecular Hbond substituents is 3. The molecule has 0 spiro atoms. The molecule has 5 nitrogen and oxygen atoms in total. The Morgan fingerprint density at radius 1 is 0.889 bits per heavy atom. The van der Waals surface area contributed by atoms with Gasteiger partial charge in [-0.2, -0.15) is 0 Å². The normalized spacial score (nSPS) is 10.2. The van der Waals surface area contributed by atoms with Crippen molar-refractivity contribution in [2.45, 2.75) is 0 Å². The number of aromatic hydroxyl groups is 3. The van der Waals surface area contributed by atoms with E-state index in [9.17, 15) is 20.1 Å². The Balaban J connectivity index is 2.46. The van der Waals surface area contributed by atoms with Crippen molar-refractivity contribution in [3.05, 3.63) is 47.5 Å². The van der Waals surface area contributed by atoms with E-state index >= 15 is 0 Å². The summed E-state index contributed by atoms with van der Waals surface area (Å²) < 4.78 is 0. The number of ketones is 1. The molecule has 0 saturated heterocycles. The van der Waals surface area contributed by atoms with Crippen molar-refractivity contribution in [2.75, 3.05) is 5.73 Å². The average molecular weight is 245 g/mol. The highest BCUT2D eigenvalue weighted by molar-refractivity contribution is 6.11. The molecule has 18 heavy (non-hydrogen) atoms. The summed E-state index contributed by atoms with van der Waals surface area (Å²) in [6.45, 7) is 0. The van der Waals surface area contributed by atoms with Crippen molar-refractivity contribution in [2.24, 2.45) is 0 Å². The molecule has 2 aromatic rings. The molecule has 0 saturated carbocycles. The summed E-state index contributed by atoms with van der Waals surface area (Å²) >= 11 is 0. The van der Waals surface area contributed by atoms with Crippen LogP contribution in [0.25, 0.3) is 0 Å². The number of hydrogen-bond acceptors (Lipinski definition) is 5. The molecule has 0 bridgehead atoms. The molecule has 5 N–H and O–H groups in total. The monoisotopic (exact) mass is 245 g/mol. The van der Waals surface area contributed by atoms with Crippen LogP contribution in [-0.2, 0) is 0 Å². The zero-order valence-corrected chi connectivity index (χ0v) is 9.29. The molecule has 5 heteroatoms. The zero-order chi connectivity index (χ0) is 13.3. The quantitative estimate of drug-likeness (QED) is 0.365. The van der Waals surface area contributed by atoms with Gasteiger partial charge in [-0.3, -0.25) is 4.79 Å². The van der Waals surface area contributed by atoms with E-state index in [2.05, 4.69) is 0 Å². The molecule has 0 heterocycles. The first kappa shape index (κ1) is 11.8. The molecule has 0 unspecified atom stereocenters. The number of carbonyl (C=O) groups excluding carboxylic acids is 1. The molecule has 0 aliphatic rings. The maximum Gasteiger partial charge on any atom is 0.201 e. The number of anilines is 1. The first-order valence-electron chi connectivity index (χ1n) is 5.15. The van der Waals surface area contributed by atoms with E-state index in [0.717, 1.165) is 6.07 Å². The number of phenols is 3. The van der Waals surface area contributed by atoms with Gasteiger partial charge in [-0.25, -0.2) is 0 Å². The van der Waals surface area contributed by atoms with E-state index in [1.165, 1.54) is 18.2 Å². The third-order valence-corrected chi connectivity index (χ3v) is 2.55. The summed E-state index contributed by atoms with van der Waals surface area (Å²) in [5.41, 5.74) is 6.26. The van der Waals surface area contributed by atoms with E-state index in [0.29, 0.717) is 11.3 Å². The first-order chi connectivity index (χ1) is 8.50. The van der Waals surface area contributed by atoms with Gasteiger partial charge < -0.3 is 21.1 Å². The van der Waals surface area contributed by atoms with Crippen LogP contribution in [0.5, 0.6) is 17.2 Å². The van der Waals surface area contributed by atoms with Gasteiger partial charge in [-0.1, -0.05) is 0 Å². The highest BCUT2D eigenvalue weighted by Crippen LogP contribution is 2.37. The van der Waals surface area contributed by atoms with E-state index < -0.39 is 23.0 Å². The highest BCUT2D eigenvalue weighted by Gasteiger charge is 2.18. The van der Waals surface area contributed by atoms with E-state index in [1.807, 2.05) is 0 Å². The Labute approximate surface area is 103 Å². The fourth-order valence-electron chi connectivity index (χ4n) is 1.54. The summed E-state index contributed by atoms with van der Waals surface area (Å²) in [4.78, 5) is 12.0. The minimum Gasteiger partial charge on any atom is -0.504 e. The van der Waals surface area contributed by atoms with Crippen LogP contribution in [0.15, 0.2) is 36.4 Å².